The second kappa shape index (κ2) is 9.84. The molecule has 0 saturated carbocycles. The third-order valence-corrected chi connectivity index (χ3v) is 5.24. The molecule has 0 bridgehead atoms. The van der Waals surface area contributed by atoms with Gasteiger partial charge in [0, 0.05) is 0 Å². The van der Waals surface area contributed by atoms with E-state index in [4.69, 9.17) is 18.9 Å². The van der Waals surface area contributed by atoms with Crippen molar-refractivity contribution in [3.8, 4) is 17.2 Å². The summed E-state index contributed by atoms with van der Waals surface area (Å²) in [7, 11) is 1.32. The third-order valence-electron chi connectivity index (χ3n) is 4.62. The van der Waals surface area contributed by atoms with Gasteiger partial charge < -0.3 is 24.3 Å². The first-order valence-corrected chi connectivity index (χ1v) is 10.4. The number of ether oxygens (including phenoxy) is 4. The van der Waals surface area contributed by atoms with Gasteiger partial charge in [0.05, 0.1) is 23.2 Å². The Labute approximate surface area is 183 Å². The Bertz CT molecular complexity index is 930. The van der Waals surface area contributed by atoms with E-state index in [0.717, 1.165) is 5.56 Å². The monoisotopic (exact) mass is 477 g/mol. The average molecular weight is 478 g/mol. The lowest BCUT2D eigenvalue weighted by Crippen LogP contribution is -2.35. The van der Waals surface area contributed by atoms with Crippen LogP contribution in [-0.2, 0) is 9.53 Å². The minimum Gasteiger partial charge on any atom is -0.486 e. The summed E-state index contributed by atoms with van der Waals surface area (Å²) in [6.45, 7) is 4.94. The first kappa shape index (κ1) is 22.0. The Morgan fingerprint density at radius 2 is 1.83 bits per heavy atom. The van der Waals surface area contributed by atoms with Gasteiger partial charge in [0.15, 0.2) is 18.1 Å². The summed E-state index contributed by atoms with van der Waals surface area (Å²) >= 11 is 3.35. The highest BCUT2D eigenvalue weighted by atomic mass is 79.9. The van der Waals surface area contributed by atoms with Crippen LogP contribution in [0.1, 0.15) is 35.8 Å². The van der Waals surface area contributed by atoms with Crippen LogP contribution in [0, 0.1) is 5.92 Å². The number of nitrogens with one attached hydrogen (secondary N) is 1. The lowest BCUT2D eigenvalue weighted by molar-refractivity contribution is -0.124. The quantitative estimate of drug-likeness (QED) is 0.608. The summed E-state index contributed by atoms with van der Waals surface area (Å²) < 4.78 is 22.1. The fraction of sp³-hybridized carbons (Fsp3) is 0.364. The first-order valence-electron chi connectivity index (χ1n) is 9.58. The predicted octanol–water partition coefficient (Wildman–Crippen LogP) is 3.90. The smallest absolute Gasteiger partial charge is 0.337 e. The number of carbonyl (C=O) groups is 2. The largest absolute Gasteiger partial charge is 0.486 e. The molecule has 0 aliphatic carbocycles. The van der Waals surface area contributed by atoms with Crippen LogP contribution in [-0.4, -0.2) is 38.8 Å². The van der Waals surface area contributed by atoms with Crippen molar-refractivity contribution in [3.05, 3.63) is 52.0 Å². The molecule has 1 atom stereocenters. The van der Waals surface area contributed by atoms with Crippen LogP contribution in [0.3, 0.4) is 0 Å². The van der Waals surface area contributed by atoms with Crippen molar-refractivity contribution in [1.82, 2.24) is 5.32 Å². The van der Waals surface area contributed by atoms with Crippen LogP contribution in [0.5, 0.6) is 17.2 Å². The minimum atomic E-state index is -0.445. The molecule has 1 N–H and O–H groups in total. The maximum Gasteiger partial charge on any atom is 0.337 e. The van der Waals surface area contributed by atoms with E-state index in [2.05, 4.69) is 21.2 Å². The molecular formula is C22H24BrNO6. The number of hydrogen-bond acceptors (Lipinski definition) is 6. The van der Waals surface area contributed by atoms with Crippen LogP contribution < -0.4 is 19.5 Å². The fourth-order valence-electron chi connectivity index (χ4n) is 3.11. The Balaban J connectivity index is 1.64. The maximum atomic E-state index is 12.5. The number of methoxy groups -OCH3 is 1. The molecule has 1 heterocycles. The molecule has 0 aromatic heterocycles. The van der Waals surface area contributed by atoms with Crippen LogP contribution in [0.15, 0.2) is 40.9 Å². The summed E-state index contributed by atoms with van der Waals surface area (Å²) in [4.78, 5) is 24.1. The van der Waals surface area contributed by atoms with Gasteiger partial charge in [0.2, 0.25) is 0 Å². The Morgan fingerprint density at radius 1 is 1.10 bits per heavy atom. The van der Waals surface area contributed by atoms with Gasteiger partial charge in [-0.2, -0.15) is 0 Å². The van der Waals surface area contributed by atoms with Crippen LogP contribution in [0.4, 0.5) is 0 Å². The first-order chi connectivity index (χ1) is 14.4. The molecule has 1 aliphatic rings. The summed E-state index contributed by atoms with van der Waals surface area (Å²) in [6.07, 6.45) is 0. The summed E-state index contributed by atoms with van der Waals surface area (Å²) in [5, 5.41) is 3.02. The molecule has 1 aliphatic heterocycles. The molecule has 1 amide bonds. The van der Waals surface area contributed by atoms with Gasteiger partial charge in [-0.05, 0) is 57.7 Å². The Morgan fingerprint density at radius 3 is 2.50 bits per heavy atom. The van der Waals surface area contributed by atoms with Crippen LogP contribution >= 0.6 is 15.9 Å². The normalized spacial score (nSPS) is 13.5. The molecule has 2 aromatic rings. The molecule has 7 nitrogen and oxygen atoms in total. The van der Waals surface area contributed by atoms with E-state index in [1.54, 1.807) is 18.2 Å². The van der Waals surface area contributed by atoms with E-state index < -0.39 is 5.97 Å². The SMILES string of the molecule is COC(=O)c1ccc(OCC(=O)NC(c2ccc3c(c2)OCCO3)C(C)C)c(Br)c1. The minimum absolute atomic E-state index is 0.155. The molecule has 160 valence electrons. The topological polar surface area (TPSA) is 83.1 Å². The van der Waals surface area contributed by atoms with E-state index >= 15 is 0 Å². The van der Waals surface area contributed by atoms with Gasteiger partial charge in [0.25, 0.3) is 5.91 Å². The summed E-state index contributed by atoms with van der Waals surface area (Å²) in [5.41, 5.74) is 1.32. The van der Waals surface area contributed by atoms with Gasteiger partial charge in [-0.25, -0.2) is 4.79 Å². The highest BCUT2D eigenvalue weighted by molar-refractivity contribution is 9.10. The lowest BCUT2D eigenvalue weighted by Gasteiger charge is -2.25. The van der Waals surface area contributed by atoms with Gasteiger partial charge in [-0.1, -0.05) is 19.9 Å². The zero-order valence-corrected chi connectivity index (χ0v) is 18.7. The highest BCUT2D eigenvalue weighted by Crippen LogP contribution is 2.34. The molecule has 2 aromatic carbocycles. The molecule has 0 fully saturated rings. The maximum absolute atomic E-state index is 12.5. The molecule has 0 radical (unpaired) electrons. The van der Waals surface area contributed by atoms with Gasteiger partial charge in [0.1, 0.15) is 19.0 Å². The van der Waals surface area contributed by atoms with Crippen molar-refractivity contribution in [3.63, 3.8) is 0 Å². The second-order valence-electron chi connectivity index (χ2n) is 7.12. The van der Waals surface area contributed by atoms with E-state index in [0.29, 0.717) is 40.5 Å². The average Bonchev–Trinajstić information content (AvgIpc) is 2.75. The van der Waals surface area contributed by atoms with E-state index in [-0.39, 0.29) is 24.5 Å². The third kappa shape index (κ3) is 5.24. The summed E-state index contributed by atoms with van der Waals surface area (Å²) in [5.74, 6) is 1.31. The lowest BCUT2D eigenvalue weighted by atomic mass is 9.95. The summed E-state index contributed by atoms with van der Waals surface area (Å²) in [6, 6.07) is 10.3. The van der Waals surface area contributed by atoms with Crippen molar-refractivity contribution < 1.29 is 28.5 Å². The number of halogens is 1. The van der Waals surface area contributed by atoms with Crippen molar-refractivity contribution >= 4 is 27.8 Å². The van der Waals surface area contributed by atoms with E-state index in [1.165, 1.54) is 7.11 Å². The van der Waals surface area contributed by atoms with Crippen molar-refractivity contribution in [2.24, 2.45) is 5.92 Å². The number of benzene rings is 2. The zero-order valence-electron chi connectivity index (χ0n) is 17.1. The molecule has 3 rings (SSSR count). The second-order valence-corrected chi connectivity index (χ2v) is 7.97. The number of fused-ring (bicyclic) bond motifs is 1. The number of rotatable bonds is 7. The molecule has 8 heteroatoms. The van der Waals surface area contributed by atoms with E-state index in [1.807, 2.05) is 32.0 Å². The molecule has 0 saturated heterocycles. The van der Waals surface area contributed by atoms with Gasteiger partial charge in [-0.3, -0.25) is 4.79 Å². The van der Waals surface area contributed by atoms with Crippen LogP contribution in [0.2, 0.25) is 0 Å². The van der Waals surface area contributed by atoms with E-state index in [9.17, 15) is 9.59 Å². The van der Waals surface area contributed by atoms with Gasteiger partial charge >= 0.3 is 5.97 Å². The molecule has 0 spiro atoms. The van der Waals surface area contributed by atoms with Crippen molar-refractivity contribution in [2.45, 2.75) is 19.9 Å². The molecular weight excluding hydrogens is 454 g/mol. The number of amides is 1. The predicted molar refractivity (Wildman–Crippen MR) is 114 cm³/mol. The number of esters is 1. The van der Waals surface area contributed by atoms with Gasteiger partial charge in [-0.15, -0.1) is 0 Å². The standard InChI is InChI=1S/C22H24BrNO6/c1-13(2)21(14-4-7-18-19(11-14)29-9-8-28-18)24-20(25)12-30-17-6-5-15(10-16(17)23)22(26)27-3/h4-7,10-11,13,21H,8-9,12H2,1-3H3,(H,24,25). The highest BCUT2D eigenvalue weighted by Gasteiger charge is 2.22. The Kier molecular flexibility index (Phi) is 7.20. The van der Waals surface area contributed by atoms with Crippen molar-refractivity contribution in [2.75, 3.05) is 26.9 Å². The fourth-order valence-corrected chi connectivity index (χ4v) is 3.60. The van der Waals surface area contributed by atoms with Crippen molar-refractivity contribution in [1.29, 1.82) is 0 Å². The molecule has 1 unspecified atom stereocenters. The number of hydrogen-bond donors (Lipinski definition) is 1. The van der Waals surface area contributed by atoms with Crippen LogP contribution in [0.25, 0.3) is 0 Å². The Hall–Kier alpha value is -2.74. The number of carbonyl (C=O) groups excluding carboxylic acids is 2. The zero-order chi connectivity index (χ0) is 21.7. The molecule has 30 heavy (non-hydrogen) atoms.